The van der Waals surface area contributed by atoms with Crippen LogP contribution in [-0.4, -0.2) is 26.4 Å². The van der Waals surface area contributed by atoms with Gasteiger partial charge in [0.25, 0.3) is 0 Å². The largest absolute Gasteiger partial charge is 0.316 e. The molecule has 162 valence electrons. The van der Waals surface area contributed by atoms with Crippen LogP contribution >= 0.6 is 34.4 Å². The highest BCUT2D eigenvalue weighted by atomic mass is 32.2. The van der Waals surface area contributed by atoms with Gasteiger partial charge < -0.3 is 5.32 Å². The Balaban J connectivity index is 1.48. The van der Waals surface area contributed by atoms with Crippen molar-refractivity contribution in [2.75, 3.05) is 11.1 Å². The van der Waals surface area contributed by atoms with Crippen molar-refractivity contribution in [1.82, 2.24) is 14.8 Å². The second-order valence-electron chi connectivity index (χ2n) is 7.79. The molecule has 3 heterocycles. The van der Waals surface area contributed by atoms with Gasteiger partial charge in [-0.2, -0.15) is 5.26 Å². The van der Waals surface area contributed by atoms with Gasteiger partial charge in [-0.25, -0.2) is 0 Å². The van der Waals surface area contributed by atoms with E-state index in [0.29, 0.717) is 10.6 Å². The first kappa shape index (κ1) is 22.1. The molecule has 0 saturated heterocycles. The van der Waals surface area contributed by atoms with E-state index in [9.17, 15) is 10.1 Å². The highest BCUT2D eigenvalue weighted by Crippen LogP contribution is 2.38. The van der Waals surface area contributed by atoms with Gasteiger partial charge in [0.1, 0.15) is 11.1 Å². The minimum atomic E-state index is -0.122. The molecular formula is C22H25N5OS3. The molecule has 1 amide bonds. The summed E-state index contributed by atoms with van der Waals surface area (Å²) < 4.78 is 2.09. The smallest absolute Gasteiger partial charge is 0.235 e. The lowest BCUT2D eigenvalue weighted by molar-refractivity contribution is -0.113. The number of thiophene rings is 2. The van der Waals surface area contributed by atoms with Crippen LogP contribution < -0.4 is 5.32 Å². The lowest BCUT2D eigenvalue weighted by Gasteiger charge is -2.13. The Morgan fingerprint density at radius 3 is 2.87 bits per heavy atom. The number of fused-ring (bicyclic) bond motifs is 1. The van der Waals surface area contributed by atoms with Crippen LogP contribution in [0.4, 0.5) is 5.00 Å². The number of hydrogen-bond donors (Lipinski definition) is 1. The highest BCUT2D eigenvalue weighted by molar-refractivity contribution is 7.99. The molecule has 0 spiro atoms. The van der Waals surface area contributed by atoms with Crippen molar-refractivity contribution in [3.8, 4) is 17.5 Å². The Labute approximate surface area is 194 Å². The molecule has 6 nitrogen and oxygen atoms in total. The molecule has 31 heavy (non-hydrogen) atoms. The Bertz CT molecular complexity index is 1130. The number of thioether (sulfide) groups is 1. The van der Waals surface area contributed by atoms with E-state index in [4.69, 9.17) is 0 Å². The fourth-order valence-corrected chi connectivity index (χ4v) is 6.72. The van der Waals surface area contributed by atoms with Gasteiger partial charge in [0, 0.05) is 26.7 Å². The van der Waals surface area contributed by atoms with E-state index >= 15 is 0 Å². The van der Waals surface area contributed by atoms with Gasteiger partial charge in [-0.05, 0) is 57.6 Å². The van der Waals surface area contributed by atoms with Crippen LogP contribution in [0.5, 0.6) is 0 Å². The Morgan fingerprint density at radius 2 is 2.16 bits per heavy atom. The first-order valence-electron chi connectivity index (χ1n) is 10.5. The van der Waals surface area contributed by atoms with Crippen molar-refractivity contribution in [3.63, 3.8) is 0 Å². The predicted molar refractivity (Wildman–Crippen MR) is 128 cm³/mol. The number of hydrogen-bond acceptors (Lipinski definition) is 7. The van der Waals surface area contributed by atoms with Crippen molar-refractivity contribution in [2.24, 2.45) is 0 Å². The van der Waals surface area contributed by atoms with Crippen LogP contribution in [0.25, 0.3) is 11.4 Å². The lowest BCUT2D eigenvalue weighted by Crippen LogP contribution is -2.15. The summed E-state index contributed by atoms with van der Waals surface area (Å²) in [6, 6.07) is 4.64. The second kappa shape index (κ2) is 9.55. The van der Waals surface area contributed by atoms with Gasteiger partial charge in [-0.15, -0.1) is 32.9 Å². The number of anilines is 1. The zero-order valence-corrected chi connectivity index (χ0v) is 20.3. The molecule has 0 aromatic carbocycles. The van der Waals surface area contributed by atoms with Gasteiger partial charge in [0.15, 0.2) is 11.0 Å². The molecule has 0 radical (unpaired) electrons. The predicted octanol–water partition coefficient (Wildman–Crippen LogP) is 5.69. The molecule has 0 fully saturated rings. The summed E-state index contributed by atoms with van der Waals surface area (Å²) in [5, 5.41) is 24.9. The number of amides is 1. The summed E-state index contributed by atoms with van der Waals surface area (Å²) in [6.45, 7) is 6.34. The minimum Gasteiger partial charge on any atom is -0.316 e. The maximum absolute atomic E-state index is 12.7. The van der Waals surface area contributed by atoms with Crippen molar-refractivity contribution in [1.29, 1.82) is 5.26 Å². The number of nitrogens with zero attached hydrogens (tertiary/aromatic N) is 4. The number of carbonyl (C=O) groups is 1. The summed E-state index contributed by atoms with van der Waals surface area (Å²) in [6.07, 6.45) is 5.19. The van der Waals surface area contributed by atoms with Crippen LogP contribution in [0.15, 0.2) is 16.6 Å². The van der Waals surface area contributed by atoms with Crippen LogP contribution in [0.3, 0.4) is 0 Å². The van der Waals surface area contributed by atoms with E-state index in [1.165, 1.54) is 21.5 Å². The molecule has 1 aliphatic rings. The first-order valence-corrected chi connectivity index (χ1v) is 13.2. The summed E-state index contributed by atoms with van der Waals surface area (Å²) in [5.41, 5.74) is 2.85. The monoisotopic (exact) mass is 471 g/mol. The molecule has 0 atom stereocenters. The number of rotatable bonds is 7. The van der Waals surface area contributed by atoms with Gasteiger partial charge in [0.2, 0.25) is 5.91 Å². The minimum absolute atomic E-state index is 0.122. The molecule has 3 aromatic heterocycles. The standard InChI is InChI=1S/C22H25N5OS3/c1-4-15-9-14(11-29-15)20-25-26-22(27(20)13(2)3)30-12-19(28)24-21-17(10-23)16-7-5-6-8-18(16)31-21/h9,11,13H,4-8,12H2,1-3H3,(H,24,28). The Morgan fingerprint density at radius 1 is 1.35 bits per heavy atom. The third-order valence-corrected chi connectivity index (χ3v) is 8.54. The van der Waals surface area contributed by atoms with E-state index in [2.05, 4.69) is 58.4 Å². The van der Waals surface area contributed by atoms with E-state index in [0.717, 1.165) is 54.2 Å². The Kier molecular flexibility index (Phi) is 6.80. The fraction of sp³-hybridized carbons (Fsp3) is 0.455. The average Bonchev–Trinajstić information content (AvgIpc) is 3.47. The number of aryl methyl sites for hydroxylation is 2. The normalized spacial score (nSPS) is 13.3. The maximum Gasteiger partial charge on any atom is 0.235 e. The summed E-state index contributed by atoms with van der Waals surface area (Å²) in [4.78, 5) is 15.2. The van der Waals surface area contributed by atoms with Gasteiger partial charge in [-0.1, -0.05) is 18.7 Å². The fourth-order valence-electron chi connectivity index (χ4n) is 3.79. The maximum atomic E-state index is 12.7. The molecular weight excluding hydrogens is 446 g/mol. The Hall–Kier alpha value is -2.15. The van der Waals surface area contributed by atoms with E-state index in [1.807, 2.05) is 0 Å². The van der Waals surface area contributed by atoms with Crippen molar-refractivity contribution in [2.45, 2.75) is 64.1 Å². The SMILES string of the molecule is CCc1cc(-c2nnc(SCC(=O)Nc3sc4c(c3C#N)CCCC4)n2C(C)C)cs1. The summed E-state index contributed by atoms with van der Waals surface area (Å²) in [7, 11) is 0. The number of nitriles is 1. The summed E-state index contributed by atoms with van der Waals surface area (Å²) in [5.74, 6) is 0.942. The molecule has 1 aliphatic carbocycles. The first-order chi connectivity index (χ1) is 15.0. The van der Waals surface area contributed by atoms with Crippen LogP contribution in [0.1, 0.15) is 60.5 Å². The quantitative estimate of drug-likeness (QED) is 0.447. The zero-order valence-electron chi connectivity index (χ0n) is 17.9. The summed E-state index contributed by atoms with van der Waals surface area (Å²) >= 11 is 4.67. The molecule has 9 heteroatoms. The van der Waals surface area contributed by atoms with Crippen LogP contribution in [0, 0.1) is 11.3 Å². The van der Waals surface area contributed by atoms with E-state index in [-0.39, 0.29) is 17.7 Å². The van der Waals surface area contributed by atoms with Crippen molar-refractivity contribution < 1.29 is 4.79 Å². The number of nitrogens with one attached hydrogen (secondary N) is 1. The highest BCUT2D eigenvalue weighted by Gasteiger charge is 2.23. The van der Waals surface area contributed by atoms with Crippen LogP contribution in [0.2, 0.25) is 0 Å². The molecule has 0 unspecified atom stereocenters. The molecule has 0 bridgehead atoms. The van der Waals surface area contributed by atoms with Gasteiger partial charge in [0.05, 0.1) is 11.3 Å². The topological polar surface area (TPSA) is 83.6 Å². The van der Waals surface area contributed by atoms with E-state index < -0.39 is 0 Å². The number of carbonyl (C=O) groups excluding carboxylic acids is 1. The third-order valence-electron chi connectivity index (χ3n) is 5.31. The molecule has 0 saturated carbocycles. The molecule has 1 N–H and O–H groups in total. The number of aromatic nitrogens is 3. The van der Waals surface area contributed by atoms with Crippen LogP contribution in [-0.2, 0) is 24.1 Å². The second-order valence-corrected chi connectivity index (χ2v) is 10.8. The van der Waals surface area contributed by atoms with Gasteiger partial charge >= 0.3 is 0 Å². The third kappa shape index (κ3) is 4.56. The van der Waals surface area contributed by atoms with Crippen molar-refractivity contribution in [3.05, 3.63) is 32.3 Å². The van der Waals surface area contributed by atoms with Gasteiger partial charge in [-0.3, -0.25) is 9.36 Å². The molecule has 4 rings (SSSR count). The zero-order chi connectivity index (χ0) is 22.0. The lowest BCUT2D eigenvalue weighted by atomic mass is 9.96. The van der Waals surface area contributed by atoms with E-state index in [1.54, 1.807) is 22.7 Å². The van der Waals surface area contributed by atoms with Crippen molar-refractivity contribution >= 4 is 45.3 Å². The molecule has 0 aliphatic heterocycles. The average molecular weight is 472 g/mol. The molecule has 3 aromatic rings.